The first-order valence-electron chi connectivity index (χ1n) is 4.03. The van der Waals surface area contributed by atoms with Crippen molar-refractivity contribution >= 4 is 5.78 Å². The van der Waals surface area contributed by atoms with Gasteiger partial charge in [0.25, 0.3) is 0 Å². The summed E-state index contributed by atoms with van der Waals surface area (Å²) in [6, 6.07) is 0. The van der Waals surface area contributed by atoms with Gasteiger partial charge in [-0.25, -0.2) is 0 Å². The minimum Gasteiger partial charge on any atom is -0.330 e. The van der Waals surface area contributed by atoms with Crippen molar-refractivity contribution in [2.24, 2.45) is 17.1 Å². The average Bonchev–Trinajstić information content (AvgIpc) is 1.78. The summed E-state index contributed by atoms with van der Waals surface area (Å²) in [6.45, 7) is 0.714. The van der Waals surface area contributed by atoms with E-state index in [0.29, 0.717) is 18.2 Å². The monoisotopic (exact) mass is 139 g/mol. The lowest BCUT2D eigenvalue weighted by molar-refractivity contribution is -0.154. The van der Waals surface area contributed by atoms with Crippen molar-refractivity contribution in [3.8, 4) is 0 Å². The van der Waals surface area contributed by atoms with Gasteiger partial charge in [0.05, 0.1) is 0 Å². The number of carbonyl (C=O) groups is 1. The van der Waals surface area contributed by atoms with Crippen molar-refractivity contribution in [3.05, 3.63) is 0 Å². The quantitative estimate of drug-likeness (QED) is 0.581. The van der Waals surface area contributed by atoms with Crippen LogP contribution in [0.4, 0.5) is 0 Å². The highest BCUT2D eigenvalue weighted by molar-refractivity contribution is 5.92. The molecule has 56 valence electrons. The summed E-state index contributed by atoms with van der Waals surface area (Å²) in [4.78, 5) is 11.1. The Balaban J connectivity index is 2.10. The molecular weight excluding hydrogens is 126 g/mol. The molecule has 0 aromatic rings. The molecule has 0 radical (unpaired) electrons. The Labute approximate surface area is 60.8 Å². The van der Waals surface area contributed by atoms with Crippen LogP contribution in [-0.4, -0.2) is 12.3 Å². The summed E-state index contributed by atoms with van der Waals surface area (Å²) < 4.78 is 0. The molecule has 2 fully saturated rings. The minimum atomic E-state index is 0.106. The van der Waals surface area contributed by atoms with E-state index in [2.05, 4.69) is 0 Å². The van der Waals surface area contributed by atoms with Gasteiger partial charge in [-0.2, -0.15) is 0 Å². The number of hydrogen-bond acceptors (Lipinski definition) is 2. The molecule has 1 atom stereocenters. The van der Waals surface area contributed by atoms with Crippen molar-refractivity contribution in [2.45, 2.75) is 25.7 Å². The lowest BCUT2D eigenvalue weighted by Gasteiger charge is -2.53. The first-order valence-corrected chi connectivity index (χ1v) is 4.03. The Hall–Kier alpha value is -0.370. The van der Waals surface area contributed by atoms with Crippen LogP contribution in [0.3, 0.4) is 0 Å². The zero-order valence-corrected chi connectivity index (χ0v) is 6.10. The van der Waals surface area contributed by atoms with Gasteiger partial charge in [-0.3, -0.25) is 4.79 Å². The van der Waals surface area contributed by atoms with Crippen LogP contribution >= 0.6 is 0 Å². The van der Waals surface area contributed by atoms with Gasteiger partial charge in [-0.15, -0.1) is 0 Å². The molecule has 0 aromatic heterocycles. The Bertz CT molecular complexity index is 172. The van der Waals surface area contributed by atoms with Crippen LogP contribution in [0.2, 0.25) is 0 Å². The van der Waals surface area contributed by atoms with Gasteiger partial charge in [0.15, 0.2) is 0 Å². The van der Waals surface area contributed by atoms with E-state index in [1.807, 2.05) is 0 Å². The van der Waals surface area contributed by atoms with Gasteiger partial charge in [0.2, 0.25) is 0 Å². The molecule has 1 unspecified atom stereocenters. The van der Waals surface area contributed by atoms with E-state index in [4.69, 9.17) is 5.73 Å². The third-order valence-electron chi connectivity index (χ3n) is 3.30. The average molecular weight is 139 g/mol. The molecule has 2 rings (SSSR count). The van der Waals surface area contributed by atoms with Crippen LogP contribution in [0.1, 0.15) is 25.7 Å². The highest BCUT2D eigenvalue weighted by Crippen LogP contribution is 2.56. The van der Waals surface area contributed by atoms with Gasteiger partial charge >= 0.3 is 0 Å². The smallest absolute Gasteiger partial charge is 0.139 e. The van der Waals surface area contributed by atoms with E-state index < -0.39 is 0 Å². The number of rotatable bonds is 1. The molecule has 0 amide bonds. The Kier molecular flexibility index (Phi) is 1.15. The molecule has 2 N–H and O–H groups in total. The topological polar surface area (TPSA) is 43.1 Å². The molecule has 0 aromatic carbocycles. The molecule has 0 saturated heterocycles. The molecular formula is C8H13NO. The maximum Gasteiger partial charge on any atom is 0.139 e. The number of Topliss-reactive ketones (excluding diaryl/α,β-unsaturated/α-hetero) is 1. The van der Waals surface area contributed by atoms with Gasteiger partial charge in [-0.05, 0) is 25.3 Å². The molecule has 2 aliphatic rings. The highest BCUT2D eigenvalue weighted by atomic mass is 16.1. The van der Waals surface area contributed by atoms with Crippen LogP contribution in [-0.2, 0) is 4.79 Å². The summed E-state index contributed by atoms with van der Waals surface area (Å²) in [5, 5.41) is 0. The largest absolute Gasteiger partial charge is 0.330 e. The second-order valence-corrected chi connectivity index (χ2v) is 3.57. The Morgan fingerprint density at radius 2 is 2.30 bits per heavy atom. The molecule has 0 aliphatic heterocycles. The van der Waals surface area contributed by atoms with E-state index in [1.165, 1.54) is 6.42 Å². The van der Waals surface area contributed by atoms with Crippen LogP contribution in [0.15, 0.2) is 0 Å². The lowest BCUT2D eigenvalue weighted by Crippen LogP contribution is -2.56. The van der Waals surface area contributed by atoms with Crippen molar-refractivity contribution in [1.29, 1.82) is 0 Å². The molecule has 1 spiro atoms. The highest BCUT2D eigenvalue weighted by Gasteiger charge is 2.56. The van der Waals surface area contributed by atoms with E-state index in [1.54, 1.807) is 0 Å². The van der Waals surface area contributed by atoms with Gasteiger partial charge in [-0.1, -0.05) is 6.42 Å². The molecule has 10 heavy (non-hydrogen) atoms. The number of nitrogens with two attached hydrogens (primary N) is 1. The zero-order chi connectivity index (χ0) is 7.19. The first kappa shape index (κ1) is 6.35. The molecule has 0 bridgehead atoms. The van der Waals surface area contributed by atoms with Crippen molar-refractivity contribution in [2.75, 3.05) is 6.54 Å². The van der Waals surface area contributed by atoms with Crippen molar-refractivity contribution < 1.29 is 4.79 Å². The van der Waals surface area contributed by atoms with E-state index in [-0.39, 0.29) is 5.41 Å². The third-order valence-corrected chi connectivity index (χ3v) is 3.30. The zero-order valence-electron chi connectivity index (χ0n) is 6.10. The summed E-state index contributed by atoms with van der Waals surface area (Å²) in [7, 11) is 0. The van der Waals surface area contributed by atoms with Crippen LogP contribution < -0.4 is 5.73 Å². The molecule has 2 saturated carbocycles. The second kappa shape index (κ2) is 1.82. The maximum absolute atomic E-state index is 11.1. The minimum absolute atomic E-state index is 0.106. The standard InChI is InChI=1S/C8H13NO/c9-5-6-4-7(10)8(6)2-1-3-8/h6H,1-5,9H2. The number of carbonyl (C=O) groups excluding carboxylic acids is 1. The SMILES string of the molecule is NCC1CC(=O)C12CCC2. The number of ketones is 1. The summed E-state index contributed by atoms with van der Waals surface area (Å²) in [5.74, 6) is 1.02. The van der Waals surface area contributed by atoms with Gasteiger partial charge in [0.1, 0.15) is 5.78 Å². The van der Waals surface area contributed by atoms with Gasteiger partial charge < -0.3 is 5.73 Å². The Morgan fingerprint density at radius 1 is 1.60 bits per heavy atom. The summed E-state index contributed by atoms with van der Waals surface area (Å²) in [6.07, 6.45) is 4.24. The third kappa shape index (κ3) is 0.511. The fraction of sp³-hybridized carbons (Fsp3) is 0.875. The van der Waals surface area contributed by atoms with E-state index in [0.717, 1.165) is 19.3 Å². The normalized spacial score (nSPS) is 35.3. The van der Waals surface area contributed by atoms with E-state index in [9.17, 15) is 4.79 Å². The maximum atomic E-state index is 11.1. The van der Waals surface area contributed by atoms with E-state index >= 15 is 0 Å². The van der Waals surface area contributed by atoms with Crippen LogP contribution in [0.25, 0.3) is 0 Å². The molecule has 2 nitrogen and oxygen atoms in total. The summed E-state index contributed by atoms with van der Waals surface area (Å²) in [5.41, 5.74) is 5.63. The fourth-order valence-corrected chi connectivity index (χ4v) is 2.27. The van der Waals surface area contributed by atoms with Gasteiger partial charge in [0, 0.05) is 11.8 Å². The Morgan fingerprint density at radius 3 is 2.50 bits per heavy atom. The van der Waals surface area contributed by atoms with Crippen LogP contribution in [0.5, 0.6) is 0 Å². The predicted molar refractivity (Wildman–Crippen MR) is 38.5 cm³/mol. The molecule has 2 heteroatoms. The van der Waals surface area contributed by atoms with Crippen LogP contribution in [0, 0.1) is 11.3 Å². The first-order chi connectivity index (χ1) is 4.79. The summed E-state index contributed by atoms with van der Waals surface area (Å²) >= 11 is 0. The van der Waals surface area contributed by atoms with Crippen molar-refractivity contribution in [3.63, 3.8) is 0 Å². The molecule has 2 aliphatic carbocycles. The number of hydrogen-bond donors (Lipinski definition) is 1. The fourth-order valence-electron chi connectivity index (χ4n) is 2.27. The molecule has 0 heterocycles. The van der Waals surface area contributed by atoms with Crippen molar-refractivity contribution in [1.82, 2.24) is 0 Å². The predicted octanol–water partition coefficient (Wildman–Crippen LogP) is 0.704. The second-order valence-electron chi connectivity index (χ2n) is 3.57. The lowest BCUT2D eigenvalue weighted by atomic mass is 9.49.